The Morgan fingerprint density at radius 3 is 2.26 bits per heavy atom. The Morgan fingerprint density at radius 1 is 1.06 bits per heavy atom. The summed E-state index contributed by atoms with van der Waals surface area (Å²) in [5.41, 5.74) is -5.93. The molecule has 176 valence electrons. The van der Waals surface area contributed by atoms with Gasteiger partial charge in [0, 0.05) is 36.5 Å². The first-order chi connectivity index (χ1) is 15.9. The molecule has 13 heteroatoms. The van der Waals surface area contributed by atoms with Gasteiger partial charge in [0.1, 0.15) is 23.1 Å². The molecule has 0 aliphatic rings. The number of hydrogen-bond donors (Lipinski definition) is 0. The van der Waals surface area contributed by atoms with Crippen molar-refractivity contribution >= 4 is 16.1 Å². The molecular formula is C21H14F3N3O6S. The van der Waals surface area contributed by atoms with Crippen LogP contribution in [0.5, 0.6) is 17.4 Å². The van der Waals surface area contributed by atoms with Crippen LogP contribution in [0.15, 0.2) is 48.8 Å². The highest BCUT2D eigenvalue weighted by Gasteiger charge is 2.49. The quantitative estimate of drug-likeness (QED) is 0.218. The number of nitrogens with zero attached hydrogens (tertiary/aromatic N) is 3. The van der Waals surface area contributed by atoms with Crippen LogP contribution in [0, 0.1) is 11.3 Å². The predicted molar refractivity (Wildman–Crippen MR) is 111 cm³/mol. The van der Waals surface area contributed by atoms with Crippen LogP contribution in [-0.2, 0) is 14.9 Å². The highest BCUT2D eigenvalue weighted by molar-refractivity contribution is 7.88. The molecule has 34 heavy (non-hydrogen) atoms. The van der Waals surface area contributed by atoms with E-state index in [2.05, 4.69) is 14.2 Å². The number of methoxy groups -OCH3 is 1. The molecule has 0 aliphatic carbocycles. The molecule has 0 aliphatic heterocycles. The molecule has 2 heterocycles. The van der Waals surface area contributed by atoms with Gasteiger partial charge in [0.2, 0.25) is 0 Å². The number of pyridine rings is 2. The number of aromatic nitrogens is 2. The van der Waals surface area contributed by atoms with E-state index in [0.29, 0.717) is 5.56 Å². The number of halogens is 3. The summed E-state index contributed by atoms with van der Waals surface area (Å²) in [4.78, 5) is 19.1. The third-order valence-electron chi connectivity index (χ3n) is 4.23. The van der Waals surface area contributed by atoms with E-state index in [1.807, 2.05) is 0 Å². The second-order valence-corrected chi connectivity index (χ2v) is 8.09. The molecule has 9 nitrogen and oxygen atoms in total. The van der Waals surface area contributed by atoms with E-state index in [-0.39, 0.29) is 28.3 Å². The fourth-order valence-corrected chi connectivity index (χ4v) is 3.23. The van der Waals surface area contributed by atoms with Crippen molar-refractivity contribution in [3.63, 3.8) is 0 Å². The molecule has 1 aromatic carbocycles. The molecular weight excluding hydrogens is 479 g/mol. The lowest BCUT2D eigenvalue weighted by molar-refractivity contribution is -0.131. The Balaban J connectivity index is 2.33. The summed E-state index contributed by atoms with van der Waals surface area (Å²) in [7, 11) is -4.82. The highest BCUT2D eigenvalue weighted by Crippen LogP contribution is 2.38. The summed E-state index contributed by atoms with van der Waals surface area (Å²) in [6.45, 7) is 1.15. The van der Waals surface area contributed by atoms with Gasteiger partial charge in [-0.1, -0.05) is 0 Å². The van der Waals surface area contributed by atoms with Gasteiger partial charge in [0.25, 0.3) is 5.88 Å². The lowest BCUT2D eigenvalue weighted by atomic mass is 9.98. The zero-order chi connectivity index (χ0) is 25.1. The van der Waals surface area contributed by atoms with E-state index in [1.165, 1.54) is 55.9 Å². The number of esters is 1. The average molecular weight is 493 g/mol. The molecule has 0 amide bonds. The normalized spacial score (nSPS) is 11.4. The van der Waals surface area contributed by atoms with E-state index < -0.39 is 33.0 Å². The SMILES string of the molecule is COc1cc(OC(C)=O)cc(-c2cc(-c3ccncc3)nc(OS(=O)(=O)C(F)(F)F)c2C#N)c1. The molecule has 2 aromatic heterocycles. The largest absolute Gasteiger partial charge is 0.534 e. The topological polar surface area (TPSA) is 128 Å². The van der Waals surface area contributed by atoms with Gasteiger partial charge in [-0.3, -0.25) is 9.78 Å². The summed E-state index contributed by atoms with van der Waals surface area (Å²) in [6, 6.07) is 10.0. The number of hydrogen-bond acceptors (Lipinski definition) is 9. The monoisotopic (exact) mass is 493 g/mol. The molecule has 0 N–H and O–H groups in total. The minimum Gasteiger partial charge on any atom is -0.497 e. The Kier molecular flexibility index (Phi) is 6.73. The van der Waals surface area contributed by atoms with Crippen molar-refractivity contribution in [2.24, 2.45) is 0 Å². The average Bonchev–Trinajstić information content (AvgIpc) is 2.77. The Labute approximate surface area is 191 Å². The Hall–Kier alpha value is -4.18. The predicted octanol–water partition coefficient (Wildman–Crippen LogP) is 3.84. The van der Waals surface area contributed by atoms with Crippen LogP contribution in [0.3, 0.4) is 0 Å². The molecule has 3 rings (SSSR count). The first kappa shape index (κ1) is 24.5. The number of carbonyl (C=O) groups excluding carboxylic acids is 1. The molecule has 0 unspecified atom stereocenters. The van der Waals surface area contributed by atoms with Crippen LogP contribution in [-0.4, -0.2) is 37.0 Å². The lowest BCUT2D eigenvalue weighted by Gasteiger charge is -2.15. The van der Waals surface area contributed by atoms with Crippen molar-refractivity contribution in [2.45, 2.75) is 12.4 Å². The van der Waals surface area contributed by atoms with E-state index in [4.69, 9.17) is 9.47 Å². The maximum absolute atomic E-state index is 13.0. The van der Waals surface area contributed by atoms with Gasteiger partial charge in [-0.25, -0.2) is 4.98 Å². The van der Waals surface area contributed by atoms with Gasteiger partial charge < -0.3 is 13.7 Å². The van der Waals surface area contributed by atoms with Crippen LogP contribution in [0.1, 0.15) is 12.5 Å². The van der Waals surface area contributed by atoms with Crippen molar-refractivity contribution in [1.82, 2.24) is 9.97 Å². The molecule has 0 bridgehead atoms. The first-order valence-electron chi connectivity index (χ1n) is 9.19. The Bertz CT molecular complexity index is 1390. The standard InChI is InChI=1S/C21H14F3N3O6S/c1-12(28)32-16-8-14(7-15(9-16)31-2)17-10-19(13-3-5-26-6-4-13)27-20(18(17)11-25)33-34(29,30)21(22,23)24/h3-10H,1-2H3. The van der Waals surface area contributed by atoms with Crippen molar-refractivity contribution in [2.75, 3.05) is 7.11 Å². The molecule has 0 saturated heterocycles. The second kappa shape index (κ2) is 9.36. The molecule has 0 fully saturated rings. The van der Waals surface area contributed by atoms with Gasteiger partial charge in [-0.2, -0.15) is 26.9 Å². The van der Waals surface area contributed by atoms with Crippen LogP contribution in [0.4, 0.5) is 13.2 Å². The molecule has 3 aromatic rings. The van der Waals surface area contributed by atoms with E-state index in [0.717, 1.165) is 6.92 Å². The number of alkyl halides is 3. The summed E-state index contributed by atoms with van der Waals surface area (Å²) in [5, 5.41) is 9.69. The lowest BCUT2D eigenvalue weighted by Crippen LogP contribution is -2.28. The zero-order valence-corrected chi connectivity index (χ0v) is 18.3. The van der Waals surface area contributed by atoms with E-state index in [9.17, 15) is 31.6 Å². The van der Waals surface area contributed by atoms with Gasteiger partial charge in [-0.05, 0) is 35.9 Å². The molecule has 0 radical (unpaired) electrons. The van der Waals surface area contributed by atoms with Crippen LogP contribution >= 0.6 is 0 Å². The fraction of sp³-hybridized carbons (Fsp3) is 0.143. The van der Waals surface area contributed by atoms with Crippen LogP contribution in [0.25, 0.3) is 22.4 Å². The molecule has 0 saturated carbocycles. The maximum atomic E-state index is 13.0. The third-order valence-corrected chi connectivity index (χ3v) is 5.18. The van der Waals surface area contributed by atoms with Crippen molar-refractivity contribution < 1.29 is 40.0 Å². The first-order valence-corrected chi connectivity index (χ1v) is 10.6. The van der Waals surface area contributed by atoms with E-state index >= 15 is 0 Å². The maximum Gasteiger partial charge on any atom is 0.534 e. The number of benzene rings is 1. The summed E-state index contributed by atoms with van der Waals surface area (Å²) < 4.78 is 76.8. The third kappa shape index (κ3) is 5.24. The van der Waals surface area contributed by atoms with Crippen LogP contribution in [0.2, 0.25) is 0 Å². The van der Waals surface area contributed by atoms with Crippen molar-refractivity contribution in [3.05, 3.63) is 54.4 Å². The summed E-state index contributed by atoms with van der Waals surface area (Å²) in [6.07, 6.45) is 2.76. The number of ether oxygens (including phenoxy) is 2. The van der Waals surface area contributed by atoms with Crippen molar-refractivity contribution in [1.29, 1.82) is 5.26 Å². The van der Waals surface area contributed by atoms with Gasteiger partial charge in [-0.15, -0.1) is 0 Å². The van der Waals surface area contributed by atoms with Gasteiger partial charge in [0.15, 0.2) is 0 Å². The minimum atomic E-state index is -6.14. The molecule has 0 atom stereocenters. The highest BCUT2D eigenvalue weighted by atomic mass is 32.2. The summed E-state index contributed by atoms with van der Waals surface area (Å²) >= 11 is 0. The van der Waals surface area contributed by atoms with Crippen molar-refractivity contribution in [3.8, 4) is 45.8 Å². The molecule has 0 spiro atoms. The second-order valence-electron chi connectivity index (χ2n) is 6.56. The van der Waals surface area contributed by atoms with E-state index in [1.54, 1.807) is 6.07 Å². The van der Waals surface area contributed by atoms with Gasteiger partial charge >= 0.3 is 21.6 Å². The smallest absolute Gasteiger partial charge is 0.497 e. The minimum absolute atomic E-state index is 0.0124. The number of rotatable bonds is 6. The number of carbonyl (C=O) groups is 1. The summed E-state index contributed by atoms with van der Waals surface area (Å²) in [5.74, 6) is -1.54. The fourth-order valence-electron chi connectivity index (χ4n) is 2.81. The Morgan fingerprint density at radius 2 is 1.71 bits per heavy atom. The zero-order valence-electron chi connectivity index (χ0n) is 17.5. The van der Waals surface area contributed by atoms with Gasteiger partial charge in [0.05, 0.1) is 12.8 Å². The van der Waals surface area contributed by atoms with Crippen LogP contribution < -0.4 is 13.7 Å². The number of nitriles is 1.